The molecule has 0 N–H and O–H groups in total. The highest BCUT2D eigenvalue weighted by atomic mass is 127. The monoisotopic (exact) mass is 430 g/mol. The second kappa shape index (κ2) is 5.71. The molecular formula is C10H12F9I. The minimum Gasteiger partial charge on any atom is -0.200 e. The first kappa shape index (κ1) is 20.1. The van der Waals surface area contributed by atoms with Crippen molar-refractivity contribution in [3.8, 4) is 0 Å². The molecule has 0 aromatic heterocycles. The molecule has 0 fully saturated rings. The van der Waals surface area contributed by atoms with Crippen molar-refractivity contribution in [1.29, 1.82) is 0 Å². The molecule has 20 heavy (non-hydrogen) atoms. The van der Waals surface area contributed by atoms with Crippen LogP contribution in [0.3, 0.4) is 0 Å². The fourth-order valence-corrected chi connectivity index (χ4v) is 2.61. The van der Waals surface area contributed by atoms with Gasteiger partial charge in [0.1, 0.15) is 0 Å². The summed E-state index contributed by atoms with van der Waals surface area (Å²) in [7, 11) is 0. The lowest BCUT2D eigenvalue weighted by molar-refractivity contribution is -0.397. The zero-order valence-corrected chi connectivity index (χ0v) is 12.6. The van der Waals surface area contributed by atoms with E-state index >= 15 is 0 Å². The van der Waals surface area contributed by atoms with Crippen LogP contribution in [0.2, 0.25) is 0 Å². The van der Waals surface area contributed by atoms with Crippen LogP contribution in [0.1, 0.15) is 33.1 Å². The lowest BCUT2D eigenvalue weighted by Gasteiger charge is -2.36. The van der Waals surface area contributed by atoms with E-state index in [4.69, 9.17) is 0 Å². The van der Waals surface area contributed by atoms with Gasteiger partial charge in [-0.1, -0.05) is 42.9 Å². The first-order valence-electron chi connectivity index (χ1n) is 5.41. The highest BCUT2D eigenvalue weighted by molar-refractivity contribution is 14.1. The Morgan fingerprint density at radius 1 is 0.800 bits per heavy atom. The summed E-state index contributed by atoms with van der Waals surface area (Å²) in [5.41, 5.74) is 0. The van der Waals surface area contributed by atoms with E-state index in [2.05, 4.69) is 0 Å². The first-order valence-corrected chi connectivity index (χ1v) is 6.49. The molecule has 0 aromatic carbocycles. The molecule has 0 saturated heterocycles. The Kier molecular flexibility index (Phi) is 5.74. The molecule has 0 radical (unpaired) electrons. The van der Waals surface area contributed by atoms with Gasteiger partial charge in [0, 0.05) is 9.84 Å². The Balaban J connectivity index is 5.48. The van der Waals surface area contributed by atoms with E-state index < -0.39 is 33.8 Å². The van der Waals surface area contributed by atoms with Crippen molar-refractivity contribution < 1.29 is 39.5 Å². The van der Waals surface area contributed by atoms with E-state index in [1.807, 2.05) is 0 Å². The summed E-state index contributed by atoms with van der Waals surface area (Å²) in [5.74, 6) is -18.8. The van der Waals surface area contributed by atoms with E-state index in [-0.39, 0.29) is 12.8 Å². The predicted molar refractivity (Wildman–Crippen MR) is 62.8 cm³/mol. The SMILES string of the molecule is CCCC(C)(I)CC(F)(F)C(F)(F)C(F)(F)C(F)(F)F. The fraction of sp³-hybridized carbons (Fsp3) is 1.00. The van der Waals surface area contributed by atoms with Crippen molar-refractivity contribution in [2.24, 2.45) is 0 Å². The van der Waals surface area contributed by atoms with E-state index in [1.165, 1.54) is 29.5 Å². The quantitative estimate of drug-likeness (QED) is 0.282. The second-order valence-electron chi connectivity index (χ2n) is 4.69. The van der Waals surface area contributed by atoms with Gasteiger partial charge in [-0.05, 0) is 6.42 Å². The summed E-state index contributed by atoms with van der Waals surface area (Å²) >= 11 is 1.35. The molecular weight excluding hydrogens is 418 g/mol. The number of halogens is 10. The summed E-state index contributed by atoms with van der Waals surface area (Å²) in [6.45, 7) is 2.63. The molecule has 0 rings (SSSR count). The Bertz CT molecular complexity index is 332. The van der Waals surface area contributed by atoms with Gasteiger partial charge in [-0.15, -0.1) is 0 Å². The normalized spacial score (nSPS) is 18.0. The minimum atomic E-state index is -6.80. The average Bonchev–Trinajstić information content (AvgIpc) is 2.12. The van der Waals surface area contributed by atoms with Crippen LogP contribution < -0.4 is 0 Å². The molecule has 0 aliphatic heterocycles. The Hall–Kier alpha value is 0.1000. The molecule has 0 bridgehead atoms. The summed E-state index contributed by atoms with van der Waals surface area (Å²) in [6, 6.07) is 0. The number of hydrogen-bond donors (Lipinski definition) is 0. The van der Waals surface area contributed by atoms with Gasteiger partial charge in [0.2, 0.25) is 0 Å². The second-order valence-corrected chi connectivity index (χ2v) is 7.30. The van der Waals surface area contributed by atoms with Gasteiger partial charge in [0.05, 0.1) is 0 Å². The van der Waals surface area contributed by atoms with Crippen LogP contribution in [0.5, 0.6) is 0 Å². The molecule has 1 atom stereocenters. The van der Waals surface area contributed by atoms with Crippen molar-refractivity contribution in [2.45, 2.75) is 60.5 Å². The van der Waals surface area contributed by atoms with Gasteiger partial charge in [0.15, 0.2) is 0 Å². The van der Waals surface area contributed by atoms with Crippen molar-refractivity contribution in [1.82, 2.24) is 0 Å². The van der Waals surface area contributed by atoms with Gasteiger partial charge in [-0.2, -0.15) is 39.5 Å². The predicted octanol–water partition coefficient (Wildman–Crippen LogP) is 5.84. The van der Waals surface area contributed by atoms with E-state index in [0.29, 0.717) is 0 Å². The maximum atomic E-state index is 13.3. The van der Waals surface area contributed by atoms with Gasteiger partial charge in [-0.25, -0.2) is 0 Å². The van der Waals surface area contributed by atoms with Crippen LogP contribution >= 0.6 is 22.6 Å². The summed E-state index contributed by atoms with van der Waals surface area (Å²) in [4.78, 5) is 0. The third-order valence-corrected chi connectivity index (χ3v) is 3.49. The van der Waals surface area contributed by atoms with Crippen LogP contribution in [-0.2, 0) is 0 Å². The highest BCUT2D eigenvalue weighted by Gasteiger charge is 2.81. The zero-order chi connectivity index (χ0) is 16.6. The molecule has 0 amide bonds. The van der Waals surface area contributed by atoms with Crippen molar-refractivity contribution in [2.75, 3.05) is 0 Å². The summed E-state index contributed by atoms with van der Waals surface area (Å²) in [6.07, 6.45) is -8.28. The third kappa shape index (κ3) is 3.85. The molecule has 0 aliphatic carbocycles. The number of rotatable bonds is 6. The Labute approximate surface area is 123 Å². The zero-order valence-electron chi connectivity index (χ0n) is 10.4. The summed E-state index contributed by atoms with van der Waals surface area (Å²) in [5, 5.41) is 0. The molecule has 0 heterocycles. The van der Waals surface area contributed by atoms with Crippen LogP contribution in [0.15, 0.2) is 0 Å². The summed E-state index contributed by atoms with van der Waals surface area (Å²) < 4.78 is 112. The van der Waals surface area contributed by atoms with E-state index in [9.17, 15) is 39.5 Å². The van der Waals surface area contributed by atoms with Crippen LogP contribution in [-0.4, -0.2) is 27.4 Å². The van der Waals surface area contributed by atoms with Gasteiger partial charge in [0.25, 0.3) is 0 Å². The molecule has 0 aliphatic rings. The molecule has 0 saturated carbocycles. The number of alkyl halides is 10. The van der Waals surface area contributed by atoms with Gasteiger partial charge >= 0.3 is 23.9 Å². The van der Waals surface area contributed by atoms with Crippen LogP contribution in [0.4, 0.5) is 39.5 Å². The van der Waals surface area contributed by atoms with Crippen LogP contribution in [0.25, 0.3) is 0 Å². The maximum absolute atomic E-state index is 13.3. The molecule has 1 unspecified atom stereocenters. The Morgan fingerprint density at radius 2 is 1.20 bits per heavy atom. The molecule has 0 nitrogen and oxygen atoms in total. The lowest BCUT2D eigenvalue weighted by atomic mass is 9.92. The maximum Gasteiger partial charge on any atom is 0.460 e. The lowest BCUT2D eigenvalue weighted by Crippen LogP contribution is -2.61. The van der Waals surface area contributed by atoms with Gasteiger partial charge < -0.3 is 0 Å². The van der Waals surface area contributed by atoms with Crippen LogP contribution in [0, 0.1) is 0 Å². The molecule has 0 spiro atoms. The van der Waals surface area contributed by atoms with E-state index in [0.717, 1.165) is 6.92 Å². The van der Waals surface area contributed by atoms with Crippen molar-refractivity contribution in [3.63, 3.8) is 0 Å². The average molecular weight is 430 g/mol. The largest absolute Gasteiger partial charge is 0.460 e. The smallest absolute Gasteiger partial charge is 0.200 e. The third-order valence-electron chi connectivity index (χ3n) is 2.57. The molecule has 10 heteroatoms. The molecule has 0 aromatic rings. The number of hydrogen-bond acceptors (Lipinski definition) is 0. The van der Waals surface area contributed by atoms with E-state index in [1.54, 1.807) is 0 Å². The molecule has 122 valence electrons. The Morgan fingerprint density at radius 3 is 1.50 bits per heavy atom. The highest BCUT2D eigenvalue weighted by Crippen LogP contribution is 2.55. The minimum absolute atomic E-state index is 0.0309. The first-order chi connectivity index (χ1) is 8.52. The fourth-order valence-electron chi connectivity index (χ4n) is 1.59. The van der Waals surface area contributed by atoms with Crippen molar-refractivity contribution >= 4 is 22.6 Å². The standard InChI is InChI=1S/C10H12F9I/c1-3-4-6(2,20)5-7(11,12)8(13,14)9(15,16)10(17,18)19/h3-5H2,1-2H3. The topological polar surface area (TPSA) is 0 Å². The van der Waals surface area contributed by atoms with Gasteiger partial charge in [-0.3, -0.25) is 0 Å². The van der Waals surface area contributed by atoms with Crippen molar-refractivity contribution in [3.05, 3.63) is 0 Å².